The quantitative estimate of drug-likeness (QED) is 0.320. The molecule has 0 fully saturated rings. The minimum atomic E-state index is -0.579. The summed E-state index contributed by atoms with van der Waals surface area (Å²) in [5.41, 5.74) is 4.06. The lowest BCUT2D eigenvalue weighted by Crippen LogP contribution is -2.13. The van der Waals surface area contributed by atoms with Crippen molar-refractivity contribution in [1.29, 1.82) is 5.26 Å². The van der Waals surface area contributed by atoms with Gasteiger partial charge >= 0.3 is 5.97 Å². The molecule has 0 atom stereocenters. The summed E-state index contributed by atoms with van der Waals surface area (Å²) in [5.74, 6) is 0.878. The number of ether oxygens (including phenoxy) is 1. The second-order valence-electron chi connectivity index (χ2n) is 8.37. The van der Waals surface area contributed by atoms with Gasteiger partial charge in [0.05, 0.1) is 18.3 Å². The van der Waals surface area contributed by atoms with E-state index in [9.17, 15) is 10.1 Å². The average Bonchev–Trinajstić information content (AvgIpc) is 3.32. The first-order valence-electron chi connectivity index (χ1n) is 11.7. The van der Waals surface area contributed by atoms with E-state index >= 15 is 0 Å². The van der Waals surface area contributed by atoms with E-state index in [1.165, 1.54) is 17.1 Å². The summed E-state index contributed by atoms with van der Waals surface area (Å²) in [4.78, 5) is 26.6. The van der Waals surface area contributed by atoms with Crippen LogP contribution in [0, 0.1) is 25.2 Å². The van der Waals surface area contributed by atoms with E-state index in [-0.39, 0.29) is 23.6 Å². The number of carbonyl (C=O) groups is 1. The molecule has 0 saturated heterocycles. The molecule has 0 spiro atoms. The number of rotatable bonds is 6. The summed E-state index contributed by atoms with van der Waals surface area (Å²) in [6, 6.07) is 19.5. The number of hydrogen-bond acceptors (Lipinski definition) is 8. The molecule has 9 nitrogen and oxygen atoms in total. The highest BCUT2D eigenvalue weighted by atomic mass is 16.5. The zero-order chi connectivity index (χ0) is 25.9. The van der Waals surface area contributed by atoms with Gasteiger partial charge in [0.1, 0.15) is 23.0 Å². The monoisotopic (exact) mass is 489 g/mol. The van der Waals surface area contributed by atoms with Crippen molar-refractivity contribution in [2.24, 2.45) is 0 Å². The third kappa shape index (κ3) is 4.48. The number of benzene rings is 2. The van der Waals surface area contributed by atoms with Crippen LogP contribution in [0.2, 0.25) is 0 Å². The molecule has 1 N–H and O–H groups in total. The molecule has 3 heterocycles. The van der Waals surface area contributed by atoms with Crippen LogP contribution in [0.1, 0.15) is 34.0 Å². The van der Waals surface area contributed by atoms with E-state index < -0.39 is 5.97 Å². The fourth-order valence-corrected chi connectivity index (χ4v) is 4.05. The van der Waals surface area contributed by atoms with Crippen LogP contribution in [0.15, 0.2) is 67.0 Å². The molecule has 0 saturated carbocycles. The van der Waals surface area contributed by atoms with E-state index in [2.05, 4.69) is 26.5 Å². The number of aryl methyl sites for hydroxylation is 2. The Morgan fingerprint density at radius 2 is 1.86 bits per heavy atom. The van der Waals surface area contributed by atoms with Gasteiger partial charge in [-0.2, -0.15) is 15.0 Å². The van der Waals surface area contributed by atoms with Gasteiger partial charge < -0.3 is 10.1 Å². The maximum Gasteiger partial charge on any atom is 0.343 e. The molecule has 2 aromatic carbocycles. The first-order valence-corrected chi connectivity index (χ1v) is 11.7. The number of anilines is 2. The number of fused-ring (bicyclic) bond motifs is 1. The first kappa shape index (κ1) is 23.6. The van der Waals surface area contributed by atoms with Crippen LogP contribution in [-0.4, -0.2) is 37.3 Å². The average molecular weight is 490 g/mol. The summed E-state index contributed by atoms with van der Waals surface area (Å²) < 4.78 is 6.76. The molecule has 0 bridgehead atoms. The highest BCUT2D eigenvalue weighted by Crippen LogP contribution is 2.29. The predicted octanol–water partition coefficient (Wildman–Crippen LogP) is 5.29. The molecular weight excluding hydrogens is 466 g/mol. The van der Waals surface area contributed by atoms with Crippen molar-refractivity contribution in [3.8, 4) is 23.3 Å². The first-order chi connectivity index (χ1) is 18.0. The highest BCUT2D eigenvalue weighted by Gasteiger charge is 2.21. The number of nitrogens with zero attached hydrogens (tertiary/aromatic N) is 6. The number of carbonyl (C=O) groups excluding carboxylic acids is 1. The number of nitrogens with one attached hydrogen (secondary N) is 1. The van der Waals surface area contributed by atoms with E-state index in [1.54, 1.807) is 6.92 Å². The van der Waals surface area contributed by atoms with Crippen molar-refractivity contribution in [3.05, 3.63) is 89.2 Å². The third-order valence-corrected chi connectivity index (χ3v) is 5.89. The zero-order valence-corrected chi connectivity index (χ0v) is 20.6. The van der Waals surface area contributed by atoms with Gasteiger partial charge in [-0.3, -0.25) is 0 Å². The number of pyridine rings is 1. The lowest BCUT2D eigenvalue weighted by molar-refractivity contribution is 0.0526. The summed E-state index contributed by atoms with van der Waals surface area (Å²) in [6.45, 7) is 5.92. The Morgan fingerprint density at radius 1 is 1.05 bits per heavy atom. The summed E-state index contributed by atoms with van der Waals surface area (Å²) in [7, 11) is 0. The second-order valence-corrected chi connectivity index (χ2v) is 8.37. The van der Waals surface area contributed by atoms with Gasteiger partial charge in [0.15, 0.2) is 17.5 Å². The smallest absolute Gasteiger partial charge is 0.343 e. The molecule has 5 rings (SSSR count). The standard InChI is InChI=1S/C28H23N7O2/c1-4-37-28(36)22-16-30-25(19-10-6-5-7-11-19)33-26(22)34-27-20(14-29)15-31-35(27)23-13-18(3)21-12-8-9-17(2)24(21)32-23/h5-13,15-16H,4H2,1-3H3,(H,30,33,34). The number of para-hydroxylation sites is 1. The van der Waals surface area contributed by atoms with Crippen molar-refractivity contribution >= 4 is 28.5 Å². The number of nitriles is 1. The van der Waals surface area contributed by atoms with Gasteiger partial charge in [0.25, 0.3) is 0 Å². The third-order valence-electron chi connectivity index (χ3n) is 5.89. The van der Waals surface area contributed by atoms with Crippen molar-refractivity contribution in [3.63, 3.8) is 0 Å². The van der Waals surface area contributed by atoms with Crippen molar-refractivity contribution < 1.29 is 9.53 Å². The molecule has 0 aliphatic rings. The van der Waals surface area contributed by atoms with Gasteiger partial charge in [0.2, 0.25) is 0 Å². The normalized spacial score (nSPS) is 10.8. The van der Waals surface area contributed by atoms with Gasteiger partial charge in [-0.25, -0.2) is 19.7 Å². The molecular formula is C28H23N7O2. The Bertz CT molecular complexity index is 1670. The van der Waals surface area contributed by atoms with Crippen LogP contribution in [0.4, 0.5) is 11.6 Å². The number of esters is 1. The van der Waals surface area contributed by atoms with Crippen LogP contribution in [0.5, 0.6) is 0 Å². The Balaban J connectivity index is 1.66. The summed E-state index contributed by atoms with van der Waals surface area (Å²) in [5, 5.41) is 18.5. The molecule has 0 aliphatic heterocycles. The van der Waals surface area contributed by atoms with Gasteiger partial charge in [0, 0.05) is 17.1 Å². The minimum absolute atomic E-state index is 0.136. The van der Waals surface area contributed by atoms with Crippen molar-refractivity contribution in [1.82, 2.24) is 24.7 Å². The lowest BCUT2D eigenvalue weighted by Gasteiger charge is -2.14. The summed E-state index contributed by atoms with van der Waals surface area (Å²) in [6.07, 6.45) is 2.87. The Hall–Kier alpha value is -5.10. The van der Waals surface area contributed by atoms with Gasteiger partial charge in [-0.1, -0.05) is 48.5 Å². The zero-order valence-electron chi connectivity index (χ0n) is 20.6. The van der Waals surface area contributed by atoms with Gasteiger partial charge in [-0.05, 0) is 38.0 Å². The predicted molar refractivity (Wildman–Crippen MR) is 140 cm³/mol. The fraction of sp³-hybridized carbons (Fsp3) is 0.143. The van der Waals surface area contributed by atoms with Crippen LogP contribution >= 0.6 is 0 Å². The Kier molecular flexibility index (Phi) is 6.31. The number of aromatic nitrogens is 5. The molecule has 0 radical (unpaired) electrons. The maximum atomic E-state index is 12.7. The molecule has 0 amide bonds. The van der Waals surface area contributed by atoms with Gasteiger partial charge in [-0.15, -0.1) is 0 Å². The highest BCUT2D eigenvalue weighted by molar-refractivity contribution is 5.95. The van der Waals surface area contributed by atoms with Crippen LogP contribution in [0.25, 0.3) is 28.1 Å². The molecule has 9 heteroatoms. The molecule has 0 unspecified atom stereocenters. The minimum Gasteiger partial charge on any atom is -0.462 e. The topological polar surface area (TPSA) is 119 Å². The summed E-state index contributed by atoms with van der Waals surface area (Å²) >= 11 is 0. The molecule has 0 aliphatic carbocycles. The largest absolute Gasteiger partial charge is 0.462 e. The molecule has 37 heavy (non-hydrogen) atoms. The molecule has 182 valence electrons. The van der Waals surface area contributed by atoms with Crippen LogP contribution < -0.4 is 5.32 Å². The maximum absolute atomic E-state index is 12.7. The SMILES string of the molecule is CCOC(=O)c1cnc(-c2ccccc2)nc1Nc1c(C#N)cnn1-c1cc(C)c2cccc(C)c2n1. The fourth-order valence-electron chi connectivity index (χ4n) is 4.05. The van der Waals surface area contributed by atoms with Crippen LogP contribution in [0.3, 0.4) is 0 Å². The number of hydrogen-bond donors (Lipinski definition) is 1. The van der Waals surface area contributed by atoms with E-state index in [0.29, 0.717) is 17.5 Å². The van der Waals surface area contributed by atoms with E-state index in [4.69, 9.17) is 9.72 Å². The molecule has 5 aromatic rings. The Morgan fingerprint density at radius 3 is 2.62 bits per heavy atom. The van der Waals surface area contributed by atoms with E-state index in [1.807, 2.05) is 68.4 Å². The second kappa shape index (κ2) is 9.87. The van der Waals surface area contributed by atoms with Crippen molar-refractivity contribution in [2.45, 2.75) is 20.8 Å². The Labute approximate surface area is 213 Å². The van der Waals surface area contributed by atoms with Crippen LogP contribution in [-0.2, 0) is 4.74 Å². The molecule has 3 aromatic heterocycles. The lowest BCUT2D eigenvalue weighted by atomic mass is 10.1. The van der Waals surface area contributed by atoms with Crippen molar-refractivity contribution in [2.75, 3.05) is 11.9 Å². The van der Waals surface area contributed by atoms with E-state index in [0.717, 1.165) is 27.6 Å².